The first-order chi connectivity index (χ1) is 45.2. The Morgan fingerprint density at radius 2 is 0.505 bits per heavy atom. The van der Waals surface area contributed by atoms with E-state index >= 15 is 0 Å². The van der Waals surface area contributed by atoms with Crippen LogP contribution in [0.25, 0.3) is 105 Å². The molecule has 4 aliphatic carbocycles. The summed E-state index contributed by atoms with van der Waals surface area (Å²) in [7, 11) is 0. The molecule has 1 heterocycles. The lowest BCUT2D eigenvalue weighted by Gasteiger charge is -2.31. The second-order valence-electron chi connectivity index (χ2n) is 24.2. The molecule has 4 aliphatic rings. The normalized spacial score (nSPS) is 12.7. The molecule has 0 spiro atoms. The SMILES string of the molecule is c1ccc(N(c2cc(-c3ccc4c(c3)c3ccccc3n4-c3ccccc3)cc(N(c3ccccc3)c3ccc4c(c3)C(=C3c5ccccc5-c5ccccc53)c3ccccc3-4)c2)c2ccc3c(c2)C(=C2c4ccccc4-c4ccccc42)c2ccccc2-3)cc1. The van der Waals surface area contributed by atoms with Crippen LogP contribution < -0.4 is 9.80 Å². The molecule has 0 saturated heterocycles. The van der Waals surface area contributed by atoms with Crippen molar-refractivity contribution in [3.8, 4) is 61.3 Å². The predicted octanol–water partition coefficient (Wildman–Crippen LogP) is 23.3. The maximum absolute atomic E-state index is 2.48. The Labute approximate surface area is 528 Å². The van der Waals surface area contributed by atoms with Crippen molar-refractivity contribution >= 4 is 78.2 Å². The summed E-state index contributed by atoms with van der Waals surface area (Å²) < 4.78 is 2.40. The van der Waals surface area contributed by atoms with Gasteiger partial charge in [-0.25, -0.2) is 0 Å². The van der Waals surface area contributed by atoms with Crippen LogP contribution in [0.4, 0.5) is 34.1 Å². The van der Waals surface area contributed by atoms with Crippen molar-refractivity contribution < 1.29 is 0 Å². The first kappa shape index (κ1) is 51.0. The minimum atomic E-state index is 1.03. The molecular formula is C88H55N3. The Balaban J connectivity index is 0.865. The standard InChI is InChI=1S/C88H55N3/c1-4-24-58(25-5-1)89(61-45-47-71-69-34-14-20-41-78(69)87(81(71)54-61)85-74-37-16-10-30-65(74)66-31-11-17-38-75(66)85)63-50-57(56-44-49-84-80(52-56)73-36-22-23-43-83(73)91(84)60-28-8-3-9-29-60)51-64(53-63)90(59-26-6-2-7-27-59)62-46-48-72-70-35-15-21-42-79(70)88(82(72)55-62)86-76-39-18-12-32-67(76)68-33-13-19-40-77(68)86/h1-55H. The van der Waals surface area contributed by atoms with Crippen LogP contribution in [0.3, 0.4) is 0 Å². The van der Waals surface area contributed by atoms with E-state index in [1.165, 1.54) is 128 Å². The molecule has 422 valence electrons. The lowest BCUT2D eigenvalue weighted by Crippen LogP contribution is -2.14. The summed E-state index contributed by atoms with van der Waals surface area (Å²) in [6, 6.07) is 124. The average molecular weight is 1150 g/mol. The highest BCUT2D eigenvalue weighted by Crippen LogP contribution is 2.58. The first-order valence-corrected chi connectivity index (χ1v) is 31.5. The predicted molar refractivity (Wildman–Crippen MR) is 380 cm³/mol. The van der Waals surface area contributed by atoms with Gasteiger partial charge in [0, 0.05) is 50.6 Å². The molecule has 14 aromatic carbocycles. The topological polar surface area (TPSA) is 11.4 Å². The highest BCUT2D eigenvalue weighted by atomic mass is 15.2. The highest BCUT2D eigenvalue weighted by Gasteiger charge is 2.35. The van der Waals surface area contributed by atoms with E-state index in [1.54, 1.807) is 0 Å². The second-order valence-corrected chi connectivity index (χ2v) is 24.2. The Morgan fingerprint density at radius 3 is 0.923 bits per heavy atom. The van der Waals surface area contributed by atoms with Crippen molar-refractivity contribution in [1.82, 2.24) is 4.57 Å². The van der Waals surface area contributed by atoms with E-state index < -0.39 is 0 Å². The number of para-hydroxylation sites is 4. The van der Waals surface area contributed by atoms with E-state index in [1.807, 2.05) is 0 Å². The monoisotopic (exact) mass is 1150 g/mol. The quantitative estimate of drug-likeness (QED) is 0.150. The van der Waals surface area contributed by atoms with Gasteiger partial charge < -0.3 is 14.4 Å². The molecule has 91 heavy (non-hydrogen) atoms. The van der Waals surface area contributed by atoms with Crippen LogP contribution in [0, 0.1) is 0 Å². The fraction of sp³-hybridized carbons (Fsp3) is 0. The fourth-order valence-electron chi connectivity index (χ4n) is 15.6. The smallest absolute Gasteiger partial charge is 0.0541 e. The Morgan fingerprint density at radius 1 is 0.176 bits per heavy atom. The number of hydrogen-bond donors (Lipinski definition) is 0. The van der Waals surface area contributed by atoms with Crippen molar-refractivity contribution in [2.24, 2.45) is 0 Å². The van der Waals surface area contributed by atoms with E-state index in [4.69, 9.17) is 0 Å². The Bertz CT molecular complexity index is 5230. The summed E-state index contributed by atoms with van der Waals surface area (Å²) in [4.78, 5) is 4.96. The summed E-state index contributed by atoms with van der Waals surface area (Å²) in [5.74, 6) is 0. The van der Waals surface area contributed by atoms with Gasteiger partial charge in [-0.3, -0.25) is 0 Å². The minimum absolute atomic E-state index is 1.03. The lowest BCUT2D eigenvalue weighted by atomic mass is 9.91. The van der Waals surface area contributed by atoms with Gasteiger partial charge in [-0.15, -0.1) is 0 Å². The van der Waals surface area contributed by atoms with E-state index in [-0.39, 0.29) is 0 Å². The van der Waals surface area contributed by atoms with Crippen LogP contribution in [0.15, 0.2) is 334 Å². The summed E-state index contributed by atoms with van der Waals surface area (Å²) in [5.41, 5.74) is 37.2. The highest BCUT2D eigenvalue weighted by molar-refractivity contribution is 6.21. The molecular weight excluding hydrogens is 1100 g/mol. The summed E-state index contributed by atoms with van der Waals surface area (Å²) in [5, 5.41) is 2.41. The molecule has 0 bridgehead atoms. The van der Waals surface area contributed by atoms with Crippen molar-refractivity contribution in [2.75, 3.05) is 9.80 Å². The van der Waals surface area contributed by atoms with Crippen LogP contribution in [0.1, 0.15) is 44.5 Å². The third-order valence-electron chi connectivity index (χ3n) is 19.4. The van der Waals surface area contributed by atoms with Crippen LogP contribution in [-0.2, 0) is 0 Å². The van der Waals surface area contributed by atoms with Crippen molar-refractivity contribution in [3.05, 3.63) is 378 Å². The van der Waals surface area contributed by atoms with E-state index in [0.29, 0.717) is 0 Å². The van der Waals surface area contributed by atoms with Crippen molar-refractivity contribution in [3.63, 3.8) is 0 Å². The average Bonchev–Trinajstić information content (AvgIpc) is 1.60. The molecule has 0 amide bonds. The Hall–Kier alpha value is -12.0. The van der Waals surface area contributed by atoms with E-state index in [2.05, 4.69) is 348 Å². The van der Waals surface area contributed by atoms with Crippen molar-refractivity contribution in [1.29, 1.82) is 0 Å². The van der Waals surface area contributed by atoms with Crippen LogP contribution in [0.5, 0.6) is 0 Å². The second kappa shape index (κ2) is 20.3. The molecule has 15 aromatic rings. The number of nitrogens with zero attached hydrogens (tertiary/aromatic N) is 3. The third-order valence-corrected chi connectivity index (χ3v) is 19.4. The van der Waals surface area contributed by atoms with E-state index in [9.17, 15) is 0 Å². The summed E-state index contributed by atoms with van der Waals surface area (Å²) in [6.07, 6.45) is 0. The van der Waals surface area contributed by atoms with Gasteiger partial charge >= 0.3 is 0 Å². The Kier molecular flexibility index (Phi) is 11.4. The minimum Gasteiger partial charge on any atom is -0.310 e. The van der Waals surface area contributed by atoms with Gasteiger partial charge in [-0.1, -0.05) is 237 Å². The number of aromatic nitrogens is 1. The van der Waals surface area contributed by atoms with Crippen molar-refractivity contribution in [2.45, 2.75) is 0 Å². The first-order valence-electron chi connectivity index (χ1n) is 31.5. The maximum atomic E-state index is 2.48. The number of hydrogen-bond acceptors (Lipinski definition) is 2. The van der Waals surface area contributed by atoms with Crippen LogP contribution >= 0.6 is 0 Å². The number of fused-ring (bicyclic) bond motifs is 15. The molecule has 0 saturated carbocycles. The van der Waals surface area contributed by atoms with Gasteiger partial charge in [0.15, 0.2) is 0 Å². The molecule has 3 nitrogen and oxygen atoms in total. The van der Waals surface area contributed by atoms with Gasteiger partial charge in [-0.2, -0.15) is 0 Å². The van der Waals surface area contributed by atoms with Gasteiger partial charge in [0.25, 0.3) is 0 Å². The van der Waals surface area contributed by atoms with Gasteiger partial charge in [0.05, 0.1) is 11.0 Å². The fourth-order valence-corrected chi connectivity index (χ4v) is 15.6. The molecule has 3 heteroatoms. The largest absolute Gasteiger partial charge is 0.310 e. The lowest BCUT2D eigenvalue weighted by molar-refractivity contribution is 1.18. The van der Waals surface area contributed by atoms with Gasteiger partial charge in [-0.05, 0) is 219 Å². The van der Waals surface area contributed by atoms with E-state index in [0.717, 1.165) is 56.5 Å². The summed E-state index contributed by atoms with van der Waals surface area (Å²) >= 11 is 0. The third kappa shape index (κ3) is 7.81. The molecule has 1 aromatic heterocycles. The molecule has 0 N–H and O–H groups in total. The maximum Gasteiger partial charge on any atom is 0.0541 e. The molecule has 0 unspecified atom stereocenters. The molecule has 0 aliphatic heterocycles. The molecule has 19 rings (SSSR count). The van der Waals surface area contributed by atoms with Crippen LogP contribution in [0.2, 0.25) is 0 Å². The molecule has 0 radical (unpaired) electrons. The zero-order valence-corrected chi connectivity index (χ0v) is 49.6. The number of benzene rings is 14. The molecule has 0 fully saturated rings. The molecule has 0 atom stereocenters. The number of anilines is 6. The van der Waals surface area contributed by atoms with Gasteiger partial charge in [0.2, 0.25) is 0 Å². The zero-order valence-electron chi connectivity index (χ0n) is 49.6. The zero-order chi connectivity index (χ0) is 59.7. The van der Waals surface area contributed by atoms with Crippen LogP contribution in [-0.4, -0.2) is 4.57 Å². The summed E-state index contributed by atoms with van der Waals surface area (Å²) in [6.45, 7) is 0. The number of rotatable bonds is 8. The van der Waals surface area contributed by atoms with Gasteiger partial charge in [0.1, 0.15) is 0 Å².